The van der Waals surface area contributed by atoms with Crippen LogP contribution < -0.4 is 4.72 Å². The molecule has 13 heteroatoms. The highest BCUT2D eigenvalue weighted by molar-refractivity contribution is 7.90. The Morgan fingerprint density at radius 3 is 1.77 bits per heavy atom. The van der Waals surface area contributed by atoms with E-state index in [2.05, 4.69) is 9.46 Å². The van der Waals surface area contributed by atoms with Crippen molar-refractivity contribution in [1.29, 1.82) is 0 Å². The van der Waals surface area contributed by atoms with Crippen LogP contribution in [0.5, 0.6) is 0 Å². The second kappa shape index (κ2) is 9.71. The summed E-state index contributed by atoms with van der Waals surface area (Å²) in [6, 6.07) is -1.71. The second-order valence-corrected chi connectivity index (χ2v) is 9.93. The third-order valence-corrected chi connectivity index (χ3v) is 6.14. The zero-order valence-corrected chi connectivity index (χ0v) is 18.6. The van der Waals surface area contributed by atoms with Gasteiger partial charge in [-0.2, -0.15) is 4.72 Å². The minimum Gasteiger partial charge on any atom is -0.468 e. The van der Waals surface area contributed by atoms with Crippen LogP contribution in [0, 0.1) is 0 Å². The van der Waals surface area contributed by atoms with E-state index >= 15 is 0 Å². The fourth-order valence-electron chi connectivity index (χ4n) is 2.54. The molecule has 0 amide bonds. The molecule has 1 N–H and O–H groups in total. The molecule has 0 spiro atoms. The fraction of sp³-hybridized carbons (Fsp3) is 0.765. The first kappa shape index (κ1) is 25.8. The van der Waals surface area contributed by atoms with E-state index in [0.717, 1.165) is 27.9 Å². The first-order valence-electron chi connectivity index (χ1n) is 8.87. The number of esters is 4. The van der Waals surface area contributed by atoms with Crippen LogP contribution in [0.25, 0.3) is 0 Å². The van der Waals surface area contributed by atoms with Crippen LogP contribution in [-0.4, -0.2) is 74.8 Å². The van der Waals surface area contributed by atoms with E-state index in [9.17, 15) is 27.6 Å². The SMILES string of the molecule is COC(=O)[C@@H](NS(=O)(=O)C(C)(C)C)[C@H]1OC(OC(C)=O)[C@H](OC(C)=O)[C@@H]1OC(C)=O. The molecule has 1 saturated heterocycles. The number of methoxy groups -OCH3 is 1. The van der Waals surface area contributed by atoms with Crippen LogP contribution in [0.15, 0.2) is 0 Å². The first-order chi connectivity index (χ1) is 13.6. The maximum Gasteiger partial charge on any atom is 0.326 e. The van der Waals surface area contributed by atoms with Crippen molar-refractivity contribution in [3.8, 4) is 0 Å². The Bertz CT molecular complexity index is 786. The van der Waals surface area contributed by atoms with E-state index in [1.54, 1.807) is 0 Å². The molecule has 172 valence electrons. The Morgan fingerprint density at radius 1 is 0.900 bits per heavy atom. The molecular formula is C17H27NO11S. The zero-order chi connectivity index (χ0) is 23.4. The summed E-state index contributed by atoms with van der Waals surface area (Å²) >= 11 is 0. The van der Waals surface area contributed by atoms with E-state index in [1.807, 2.05) is 0 Å². The Balaban J connectivity index is 3.45. The van der Waals surface area contributed by atoms with E-state index in [4.69, 9.17) is 18.9 Å². The van der Waals surface area contributed by atoms with Gasteiger partial charge in [-0.05, 0) is 20.8 Å². The molecule has 0 radical (unpaired) electrons. The molecule has 1 fully saturated rings. The third kappa shape index (κ3) is 6.37. The summed E-state index contributed by atoms with van der Waals surface area (Å²) < 4.78 is 51.5. The van der Waals surface area contributed by atoms with Crippen molar-refractivity contribution in [2.24, 2.45) is 0 Å². The van der Waals surface area contributed by atoms with E-state index < -0.39 is 69.3 Å². The minimum absolute atomic E-state index is 0.815. The third-order valence-electron chi connectivity index (χ3n) is 3.97. The molecule has 5 atom stereocenters. The number of carbonyl (C=O) groups excluding carboxylic acids is 4. The Kier molecular flexibility index (Phi) is 8.34. The van der Waals surface area contributed by atoms with Gasteiger partial charge in [-0.25, -0.2) is 8.42 Å². The number of hydrogen-bond donors (Lipinski definition) is 1. The summed E-state index contributed by atoms with van der Waals surface area (Å²) in [6.07, 6.45) is -6.03. The van der Waals surface area contributed by atoms with E-state index in [0.29, 0.717) is 0 Å². The molecule has 1 aliphatic heterocycles. The van der Waals surface area contributed by atoms with Gasteiger partial charge in [-0.3, -0.25) is 19.2 Å². The first-order valence-corrected chi connectivity index (χ1v) is 10.4. The number of nitrogens with one attached hydrogen (secondary N) is 1. The molecule has 0 aromatic heterocycles. The van der Waals surface area contributed by atoms with Crippen LogP contribution in [0.4, 0.5) is 0 Å². The van der Waals surface area contributed by atoms with Crippen LogP contribution in [0.1, 0.15) is 41.5 Å². The predicted octanol–water partition coefficient (Wildman–Crippen LogP) is -0.603. The number of hydrogen-bond acceptors (Lipinski definition) is 11. The molecule has 0 aromatic carbocycles. The molecular weight excluding hydrogens is 426 g/mol. The van der Waals surface area contributed by atoms with Crippen molar-refractivity contribution in [1.82, 2.24) is 4.72 Å². The Hall–Kier alpha value is -2.25. The van der Waals surface area contributed by atoms with Gasteiger partial charge in [-0.15, -0.1) is 0 Å². The number of sulfonamides is 1. The molecule has 1 heterocycles. The molecule has 0 aromatic rings. The Morgan fingerprint density at radius 2 is 1.37 bits per heavy atom. The van der Waals surface area contributed by atoms with Crippen LogP contribution in [-0.2, 0) is 52.9 Å². The van der Waals surface area contributed by atoms with E-state index in [-0.39, 0.29) is 0 Å². The van der Waals surface area contributed by atoms with Crippen molar-refractivity contribution in [2.45, 2.75) is 76.9 Å². The highest BCUT2D eigenvalue weighted by Gasteiger charge is 2.56. The summed E-state index contributed by atoms with van der Waals surface area (Å²) in [5.41, 5.74) is 0. The lowest BCUT2D eigenvalue weighted by molar-refractivity contribution is -0.196. The average Bonchev–Trinajstić information content (AvgIpc) is 2.86. The fourth-order valence-corrected chi connectivity index (χ4v) is 3.46. The van der Waals surface area contributed by atoms with Crippen LogP contribution in [0.3, 0.4) is 0 Å². The maximum atomic E-state index is 12.6. The van der Waals surface area contributed by atoms with Gasteiger partial charge in [0.05, 0.1) is 11.9 Å². The van der Waals surface area contributed by atoms with Crippen molar-refractivity contribution < 1.29 is 51.3 Å². The largest absolute Gasteiger partial charge is 0.468 e. The lowest BCUT2D eigenvalue weighted by Crippen LogP contribution is -2.57. The van der Waals surface area contributed by atoms with Crippen molar-refractivity contribution in [3.05, 3.63) is 0 Å². The van der Waals surface area contributed by atoms with Gasteiger partial charge in [0.1, 0.15) is 12.1 Å². The molecule has 0 bridgehead atoms. The quantitative estimate of drug-likeness (QED) is 0.387. The van der Waals surface area contributed by atoms with Gasteiger partial charge in [0.25, 0.3) is 0 Å². The number of carbonyl (C=O) groups is 4. The predicted molar refractivity (Wildman–Crippen MR) is 99.1 cm³/mol. The summed E-state index contributed by atoms with van der Waals surface area (Å²) in [4.78, 5) is 47.0. The van der Waals surface area contributed by atoms with Crippen molar-refractivity contribution in [2.75, 3.05) is 7.11 Å². The summed E-state index contributed by atoms with van der Waals surface area (Å²) in [6.45, 7) is 7.35. The minimum atomic E-state index is -4.11. The monoisotopic (exact) mass is 453 g/mol. The van der Waals surface area contributed by atoms with Gasteiger partial charge >= 0.3 is 23.9 Å². The summed E-state index contributed by atoms with van der Waals surface area (Å²) in [5.74, 6) is -3.53. The summed E-state index contributed by atoms with van der Waals surface area (Å²) in [7, 11) is -3.09. The smallest absolute Gasteiger partial charge is 0.326 e. The summed E-state index contributed by atoms with van der Waals surface area (Å²) in [5, 5.41) is 0. The van der Waals surface area contributed by atoms with Gasteiger partial charge in [-0.1, -0.05) is 0 Å². The average molecular weight is 453 g/mol. The lowest BCUT2D eigenvalue weighted by atomic mass is 10.0. The van der Waals surface area contributed by atoms with Gasteiger partial charge in [0, 0.05) is 20.8 Å². The van der Waals surface area contributed by atoms with Gasteiger partial charge in [0.2, 0.25) is 22.4 Å². The van der Waals surface area contributed by atoms with Crippen molar-refractivity contribution in [3.63, 3.8) is 0 Å². The second-order valence-electron chi connectivity index (χ2n) is 7.46. The highest BCUT2D eigenvalue weighted by atomic mass is 32.2. The molecule has 1 rings (SSSR count). The van der Waals surface area contributed by atoms with Gasteiger partial charge in [0.15, 0.2) is 6.10 Å². The van der Waals surface area contributed by atoms with E-state index in [1.165, 1.54) is 20.8 Å². The normalized spacial score (nSPS) is 25.2. The molecule has 1 aliphatic rings. The molecule has 0 aliphatic carbocycles. The molecule has 0 saturated carbocycles. The molecule has 12 nitrogen and oxygen atoms in total. The number of ether oxygens (including phenoxy) is 5. The molecule has 30 heavy (non-hydrogen) atoms. The Labute approximate surface area is 174 Å². The highest BCUT2D eigenvalue weighted by Crippen LogP contribution is 2.31. The van der Waals surface area contributed by atoms with Gasteiger partial charge < -0.3 is 23.7 Å². The molecule has 1 unspecified atom stereocenters. The lowest BCUT2D eigenvalue weighted by Gasteiger charge is -2.29. The standard InChI is InChI=1S/C17H27NO11S/c1-8(19)26-13-12(29-16(28-10(3)21)14(13)27-9(2)20)11(15(22)25-7)18-30(23,24)17(4,5)6/h11-14,16,18H,1-7H3/t11-,12+,13+,14+,16?/m0/s1. The van der Waals surface area contributed by atoms with Crippen LogP contribution >= 0.6 is 0 Å². The zero-order valence-electron chi connectivity index (χ0n) is 17.8. The topological polar surface area (TPSA) is 161 Å². The number of rotatable bonds is 7. The maximum absolute atomic E-state index is 12.6. The van der Waals surface area contributed by atoms with Crippen molar-refractivity contribution >= 4 is 33.9 Å². The van der Waals surface area contributed by atoms with Crippen LogP contribution in [0.2, 0.25) is 0 Å².